The molecule has 3 aromatic rings. The van der Waals surface area contributed by atoms with Crippen LogP contribution in [0.5, 0.6) is 0 Å². The number of H-pyrrole nitrogens is 1. The van der Waals surface area contributed by atoms with Gasteiger partial charge in [0.15, 0.2) is 5.69 Å². The molecular weight excluding hydrogens is 331 g/mol. The molecule has 0 fully saturated rings. The average molecular weight is 339 g/mol. The molecule has 0 aliphatic heterocycles. The number of aromatic nitrogens is 3. The van der Waals surface area contributed by atoms with Crippen molar-refractivity contribution in [2.24, 2.45) is 0 Å². The minimum Gasteiger partial charge on any atom is -0.324 e. The Morgan fingerprint density at radius 1 is 1.14 bits per heavy atom. The first-order valence-corrected chi connectivity index (χ1v) is 7.49. The van der Waals surface area contributed by atoms with E-state index < -0.39 is 0 Å². The van der Waals surface area contributed by atoms with E-state index in [-0.39, 0.29) is 11.5 Å². The predicted molar refractivity (Wildman–Crippen MR) is 85.7 cm³/mol. The molecule has 0 bridgehead atoms. The first-order valence-electron chi connectivity index (χ1n) is 5.86. The summed E-state index contributed by atoms with van der Waals surface area (Å²) in [5.41, 5.74) is 0.587. The highest BCUT2D eigenvalue weighted by molar-refractivity contribution is 7.13. The van der Waals surface area contributed by atoms with E-state index in [1.807, 2.05) is 17.5 Å². The van der Waals surface area contributed by atoms with Gasteiger partial charge in [-0.3, -0.25) is 9.78 Å². The molecule has 3 rings (SSSR count). The zero-order valence-corrected chi connectivity index (χ0v) is 12.8. The topological polar surface area (TPSA) is 70.7 Å². The highest BCUT2D eigenvalue weighted by Crippen LogP contribution is 2.24. The lowest BCUT2D eigenvalue weighted by Gasteiger charge is -2.06. The number of rotatable bonds is 3. The van der Waals surface area contributed by atoms with Crippen LogP contribution in [0.15, 0.2) is 40.5 Å². The van der Waals surface area contributed by atoms with Crippen LogP contribution < -0.4 is 10.9 Å². The van der Waals surface area contributed by atoms with Gasteiger partial charge in [-0.05, 0) is 29.6 Å². The smallest absolute Gasteiger partial charge is 0.280 e. The monoisotopic (exact) mass is 338 g/mol. The first-order chi connectivity index (χ1) is 10.1. The Bertz CT molecular complexity index is 812. The summed E-state index contributed by atoms with van der Waals surface area (Å²) in [4.78, 5) is 15.4. The van der Waals surface area contributed by atoms with Crippen molar-refractivity contribution >= 4 is 46.2 Å². The highest BCUT2D eigenvalue weighted by atomic mass is 35.5. The third kappa shape index (κ3) is 3.24. The Labute approximate surface area is 133 Å². The number of aromatic amines is 1. The van der Waals surface area contributed by atoms with E-state index in [9.17, 15) is 4.79 Å². The Morgan fingerprint density at radius 2 is 1.90 bits per heavy atom. The van der Waals surface area contributed by atoms with E-state index in [2.05, 4.69) is 20.5 Å². The van der Waals surface area contributed by atoms with E-state index in [0.29, 0.717) is 21.4 Å². The fourth-order valence-corrected chi connectivity index (χ4v) is 2.96. The molecule has 2 N–H and O–H groups in total. The number of halogens is 2. The van der Waals surface area contributed by atoms with Crippen LogP contribution in [0.25, 0.3) is 10.6 Å². The van der Waals surface area contributed by atoms with Crippen molar-refractivity contribution in [3.63, 3.8) is 0 Å². The third-order valence-corrected chi connectivity index (χ3v) is 3.89. The van der Waals surface area contributed by atoms with Crippen LogP contribution in [0.1, 0.15) is 0 Å². The second-order valence-corrected chi connectivity index (χ2v) is 5.93. The molecular formula is C13H8Cl2N4OS. The Hall–Kier alpha value is -1.89. The lowest BCUT2D eigenvalue weighted by Crippen LogP contribution is -2.15. The van der Waals surface area contributed by atoms with Gasteiger partial charge in [0.25, 0.3) is 5.56 Å². The fraction of sp³-hybridized carbons (Fsp3) is 0. The van der Waals surface area contributed by atoms with Gasteiger partial charge in [0, 0.05) is 15.7 Å². The van der Waals surface area contributed by atoms with Crippen molar-refractivity contribution in [2.75, 3.05) is 5.32 Å². The lowest BCUT2D eigenvalue weighted by atomic mass is 10.3. The van der Waals surface area contributed by atoms with Crippen LogP contribution >= 0.6 is 34.5 Å². The van der Waals surface area contributed by atoms with Gasteiger partial charge in [0.05, 0.1) is 4.88 Å². The van der Waals surface area contributed by atoms with Gasteiger partial charge in [-0.2, -0.15) is 0 Å². The summed E-state index contributed by atoms with van der Waals surface area (Å²) in [7, 11) is 0. The molecule has 8 heteroatoms. The minimum atomic E-state index is -0.317. The molecule has 0 amide bonds. The van der Waals surface area contributed by atoms with E-state index >= 15 is 0 Å². The second kappa shape index (κ2) is 5.85. The number of thiophene rings is 1. The maximum atomic E-state index is 12.0. The SMILES string of the molecule is O=c1[nH]c(Nc2cc(Cl)cc(Cl)c2)nnc1-c1cccs1. The fourth-order valence-electron chi connectivity index (χ4n) is 1.73. The zero-order valence-electron chi connectivity index (χ0n) is 10.4. The molecule has 5 nitrogen and oxygen atoms in total. The van der Waals surface area contributed by atoms with Crippen molar-refractivity contribution in [1.82, 2.24) is 15.2 Å². The maximum Gasteiger partial charge on any atom is 0.280 e. The van der Waals surface area contributed by atoms with Crippen molar-refractivity contribution in [3.8, 4) is 10.6 Å². The van der Waals surface area contributed by atoms with Crippen LogP contribution in [0.3, 0.4) is 0 Å². The molecule has 21 heavy (non-hydrogen) atoms. The van der Waals surface area contributed by atoms with Gasteiger partial charge in [-0.15, -0.1) is 21.5 Å². The summed E-state index contributed by atoms with van der Waals surface area (Å²) < 4.78 is 0. The van der Waals surface area contributed by atoms with Crippen LogP contribution in [-0.2, 0) is 0 Å². The Balaban J connectivity index is 1.90. The number of anilines is 2. The van der Waals surface area contributed by atoms with Gasteiger partial charge in [0.2, 0.25) is 5.95 Å². The summed E-state index contributed by atoms with van der Waals surface area (Å²) in [5.74, 6) is 0.221. The van der Waals surface area contributed by atoms with E-state index in [0.717, 1.165) is 4.88 Å². The van der Waals surface area contributed by atoms with Crippen LogP contribution in [0, 0.1) is 0 Å². The van der Waals surface area contributed by atoms with Gasteiger partial charge in [0.1, 0.15) is 0 Å². The normalized spacial score (nSPS) is 10.6. The Morgan fingerprint density at radius 3 is 2.52 bits per heavy atom. The molecule has 0 aliphatic rings. The van der Waals surface area contributed by atoms with Crippen molar-refractivity contribution in [3.05, 3.63) is 56.1 Å². The molecule has 0 saturated carbocycles. The average Bonchev–Trinajstić information content (AvgIpc) is 2.91. The summed E-state index contributed by atoms with van der Waals surface area (Å²) in [6.07, 6.45) is 0. The van der Waals surface area contributed by atoms with Gasteiger partial charge < -0.3 is 5.32 Å². The molecule has 0 radical (unpaired) electrons. The summed E-state index contributed by atoms with van der Waals surface area (Å²) in [6, 6.07) is 8.61. The molecule has 0 saturated heterocycles. The van der Waals surface area contributed by atoms with Crippen LogP contribution in [0.2, 0.25) is 10.0 Å². The standard InChI is InChI=1S/C13H8Cl2N4OS/c14-7-4-8(15)6-9(5-7)16-13-17-12(20)11(18-19-13)10-2-1-3-21-10/h1-6H,(H2,16,17,19,20). The Kier molecular flexibility index (Phi) is 3.92. The van der Waals surface area contributed by atoms with E-state index in [4.69, 9.17) is 23.2 Å². The van der Waals surface area contributed by atoms with Crippen LogP contribution in [0.4, 0.5) is 11.6 Å². The number of benzene rings is 1. The lowest BCUT2D eigenvalue weighted by molar-refractivity contribution is 0.964. The van der Waals surface area contributed by atoms with Crippen LogP contribution in [-0.4, -0.2) is 15.2 Å². The quantitative estimate of drug-likeness (QED) is 0.758. The third-order valence-electron chi connectivity index (χ3n) is 2.58. The molecule has 0 spiro atoms. The van der Waals surface area contributed by atoms with Crippen molar-refractivity contribution in [1.29, 1.82) is 0 Å². The maximum absolute atomic E-state index is 12.0. The van der Waals surface area contributed by atoms with Crippen molar-refractivity contribution in [2.45, 2.75) is 0 Å². The number of hydrogen-bond acceptors (Lipinski definition) is 5. The zero-order chi connectivity index (χ0) is 14.8. The number of hydrogen-bond donors (Lipinski definition) is 2. The molecule has 106 valence electrons. The molecule has 0 unspecified atom stereocenters. The highest BCUT2D eigenvalue weighted by Gasteiger charge is 2.08. The second-order valence-electron chi connectivity index (χ2n) is 4.11. The predicted octanol–water partition coefficient (Wildman–Crippen LogP) is 3.94. The molecule has 0 aliphatic carbocycles. The summed E-state index contributed by atoms with van der Waals surface area (Å²) in [6.45, 7) is 0. The molecule has 2 heterocycles. The number of nitrogens with zero attached hydrogens (tertiary/aromatic N) is 2. The molecule has 0 atom stereocenters. The number of nitrogens with one attached hydrogen (secondary N) is 2. The minimum absolute atomic E-state index is 0.221. The summed E-state index contributed by atoms with van der Waals surface area (Å²) in [5, 5.41) is 13.6. The van der Waals surface area contributed by atoms with Gasteiger partial charge in [-0.25, -0.2) is 0 Å². The molecule has 1 aromatic carbocycles. The van der Waals surface area contributed by atoms with E-state index in [1.165, 1.54) is 11.3 Å². The van der Waals surface area contributed by atoms with E-state index in [1.54, 1.807) is 18.2 Å². The van der Waals surface area contributed by atoms with Gasteiger partial charge in [-0.1, -0.05) is 29.3 Å². The molecule has 2 aromatic heterocycles. The largest absolute Gasteiger partial charge is 0.324 e. The van der Waals surface area contributed by atoms with Crippen molar-refractivity contribution < 1.29 is 0 Å². The summed E-state index contributed by atoms with van der Waals surface area (Å²) >= 11 is 13.2. The van der Waals surface area contributed by atoms with Gasteiger partial charge >= 0.3 is 0 Å². The first kappa shape index (κ1) is 14.1.